The quantitative estimate of drug-likeness (QED) is 0.536. The third kappa shape index (κ3) is 0.958. The van der Waals surface area contributed by atoms with Crippen molar-refractivity contribution >= 4 is 31.7 Å². The van der Waals surface area contributed by atoms with Crippen LogP contribution in [0.5, 0.6) is 0 Å². The average molecular weight is 226 g/mol. The van der Waals surface area contributed by atoms with E-state index in [1.54, 1.807) is 0 Å². The first-order valence-electron chi connectivity index (χ1n) is 3.68. The van der Waals surface area contributed by atoms with Crippen LogP contribution in [0, 0.1) is 13.8 Å². The van der Waals surface area contributed by atoms with Crippen molar-refractivity contribution in [3.63, 3.8) is 0 Å². The Balaban J connectivity index is 2.94. The molecule has 3 nitrogen and oxygen atoms in total. The molecule has 4 heteroatoms. The van der Waals surface area contributed by atoms with Crippen molar-refractivity contribution in [3.05, 3.63) is 17.2 Å². The molecule has 0 aliphatic rings. The maximum atomic E-state index is 5.89. The van der Waals surface area contributed by atoms with Gasteiger partial charge in [-0.1, -0.05) is 0 Å². The molecule has 0 unspecified atom stereocenters. The van der Waals surface area contributed by atoms with Gasteiger partial charge in [-0.3, -0.25) is 0 Å². The third-order valence-electron chi connectivity index (χ3n) is 2.12. The Hall–Kier alpha value is -0.861. The number of nitrogens with zero attached hydrogens (tertiary/aromatic N) is 2. The van der Waals surface area contributed by atoms with Gasteiger partial charge < -0.3 is 0 Å². The number of fused-ring (bicyclic) bond motifs is 1. The van der Waals surface area contributed by atoms with Crippen LogP contribution >= 0.6 is 0 Å². The predicted molar refractivity (Wildman–Crippen MR) is 50.4 cm³/mol. The minimum absolute atomic E-state index is 0.0245. The first-order valence-corrected chi connectivity index (χ1v) is 5.21. The number of nitrogens with two attached hydrogens (primary N) is 1. The second-order valence-electron chi connectivity index (χ2n) is 2.86. The number of nitrogen functional groups attached to an aromatic ring is 1. The number of aryl methyl sites for hydroxylation is 1. The number of anilines is 1. The second kappa shape index (κ2) is 2.57. The molecule has 2 N–H and O–H groups in total. The molecule has 2 rings (SSSR count). The predicted octanol–water partition coefficient (Wildman–Crippen LogP) is 0.886. The van der Waals surface area contributed by atoms with Gasteiger partial charge in [0.1, 0.15) is 0 Å². The van der Waals surface area contributed by atoms with Crippen LogP contribution in [0.15, 0.2) is 6.07 Å². The third-order valence-corrected chi connectivity index (χ3v) is 3.26. The Bertz CT molecular complexity index is 433. The Kier molecular flexibility index (Phi) is 1.67. The fraction of sp³-hybridized carbons (Fsp3) is 0.250. The fourth-order valence-electron chi connectivity index (χ4n) is 1.18. The minimum atomic E-state index is 0.0245. The molecule has 0 atom stereocenters. The number of rotatable bonds is 0. The van der Waals surface area contributed by atoms with Gasteiger partial charge in [-0.25, -0.2) is 0 Å². The second-order valence-corrected chi connectivity index (χ2v) is 3.97. The Morgan fingerprint density at radius 2 is 2.08 bits per heavy atom. The Morgan fingerprint density at radius 3 is 2.83 bits per heavy atom. The summed E-state index contributed by atoms with van der Waals surface area (Å²) in [6, 6.07) is 2.05. The number of aromatic nitrogens is 2. The van der Waals surface area contributed by atoms with Crippen LogP contribution in [0.25, 0.3) is 11.0 Å². The standard InChI is InChI=1S/C8H9N3Se/c1-4-3-6-8(11-12-10-6)7(9)5(4)2/h3H,9H2,1-2H3. The van der Waals surface area contributed by atoms with E-state index in [0.717, 1.165) is 22.3 Å². The van der Waals surface area contributed by atoms with Crippen LogP contribution in [0.4, 0.5) is 5.69 Å². The normalized spacial score (nSPS) is 10.8. The molecule has 0 amide bonds. The summed E-state index contributed by atoms with van der Waals surface area (Å²) >= 11 is 0.0245. The van der Waals surface area contributed by atoms with Crippen molar-refractivity contribution in [1.82, 2.24) is 7.96 Å². The molecule has 1 heterocycles. The summed E-state index contributed by atoms with van der Waals surface area (Å²) in [5, 5.41) is 0. The van der Waals surface area contributed by atoms with E-state index in [2.05, 4.69) is 14.0 Å². The van der Waals surface area contributed by atoms with Gasteiger partial charge in [0.2, 0.25) is 0 Å². The molecule has 62 valence electrons. The summed E-state index contributed by atoms with van der Waals surface area (Å²) in [6.07, 6.45) is 0. The topological polar surface area (TPSA) is 51.8 Å². The molecule has 1 aromatic carbocycles. The fourth-order valence-corrected chi connectivity index (χ4v) is 2.32. The molecule has 0 radical (unpaired) electrons. The van der Waals surface area contributed by atoms with Crippen LogP contribution in [0.3, 0.4) is 0 Å². The van der Waals surface area contributed by atoms with E-state index in [0.29, 0.717) is 0 Å². The molecule has 0 fully saturated rings. The molecule has 0 spiro atoms. The zero-order valence-corrected chi connectivity index (χ0v) is 8.67. The van der Waals surface area contributed by atoms with Gasteiger partial charge in [-0.15, -0.1) is 0 Å². The van der Waals surface area contributed by atoms with Gasteiger partial charge in [0.25, 0.3) is 0 Å². The van der Waals surface area contributed by atoms with E-state index in [1.165, 1.54) is 5.56 Å². The van der Waals surface area contributed by atoms with Gasteiger partial charge in [0, 0.05) is 0 Å². The molecule has 0 aliphatic carbocycles. The van der Waals surface area contributed by atoms with Crippen molar-refractivity contribution < 1.29 is 0 Å². The van der Waals surface area contributed by atoms with Crippen molar-refractivity contribution in [2.75, 3.05) is 5.73 Å². The van der Waals surface area contributed by atoms with Gasteiger partial charge in [-0.05, 0) is 0 Å². The van der Waals surface area contributed by atoms with Crippen LogP contribution in [0.1, 0.15) is 11.1 Å². The van der Waals surface area contributed by atoms with Crippen molar-refractivity contribution in [3.8, 4) is 0 Å². The van der Waals surface area contributed by atoms with Crippen molar-refractivity contribution in [2.45, 2.75) is 13.8 Å². The molecule has 0 bridgehead atoms. The molecular weight excluding hydrogens is 217 g/mol. The van der Waals surface area contributed by atoms with Gasteiger partial charge in [0.05, 0.1) is 0 Å². The molecule has 2 aromatic rings. The maximum absolute atomic E-state index is 5.89. The number of hydrogen-bond donors (Lipinski definition) is 1. The van der Waals surface area contributed by atoms with Gasteiger partial charge in [0.15, 0.2) is 0 Å². The summed E-state index contributed by atoms with van der Waals surface area (Å²) in [4.78, 5) is 0. The van der Waals surface area contributed by atoms with Crippen LogP contribution in [-0.4, -0.2) is 22.9 Å². The molecule has 0 aliphatic heterocycles. The van der Waals surface area contributed by atoms with Crippen LogP contribution in [0.2, 0.25) is 0 Å². The van der Waals surface area contributed by atoms with E-state index >= 15 is 0 Å². The first kappa shape index (κ1) is 7.77. The van der Waals surface area contributed by atoms with E-state index < -0.39 is 0 Å². The zero-order chi connectivity index (χ0) is 8.72. The molecule has 1 aromatic heterocycles. The molecule has 12 heavy (non-hydrogen) atoms. The first-order chi connectivity index (χ1) is 5.70. The van der Waals surface area contributed by atoms with Gasteiger partial charge in [-0.2, -0.15) is 0 Å². The summed E-state index contributed by atoms with van der Waals surface area (Å²) in [5.74, 6) is 0. The Morgan fingerprint density at radius 1 is 1.33 bits per heavy atom. The monoisotopic (exact) mass is 227 g/mol. The molecular formula is C8H9N3Se. The molecule has 0 saturated heterocycles. The molecule has 0 saturated carbocycles. The van der Waals surface area contributed by atoms with Crippen molar-refractivity contribution in [2.24, 2.45) is 0 Å². The van der Waals surface area contributed by atoms with Crippen molar-refractivity contribution in [1.29, 1.82) is 0 Å². The number of benzene rings is 1. The Labute approximate surface area is 76.8 Å². The number of hydrogen-bond acceptors (Lipinski definition) is 3. The SMILES string of the molecule is Cc1cc2n[se]nc2c(N)c1C. The van der Waals surface area contributed by atoms with E-state index in [-0.39, 0.29) is 15.0 Å². The summed E-state index contributed by atoms with van der Waals surface area (Å²) in [7, 11) is 0. The van der Waals surface area contributed by atoms with E-state index in [9.17, 15) is 0 Å². The summed E-state index contributed by atoms with van der Waals surface area (Å²) < 4.78 is 8.55. The van der Waals surface area contributed by atoms with Gasteiger partial charge >= 0.3 is 76.4 Å². The summed E-state index contributed by atoms with van der Waals surface area (Å²) in [6.45, 7) is 4.07. The zero-order valence-electron chi connectivity index (χ0n) is 6.96. The summed E-state index contributed by atoms with van der Waals surface area (Å²) in [5.41, 5.74) is 10.9. The van der Waals surface area contributed by atoms with E-state index in [1.807, 2.05) is 13.8 Å². The van der Waals surface area contributed by atoms with E-state index in [4.69, 9.17) is 5.73 Å². The van der Waals surface area contributed by atoms with Crippen LogP contribution < -0.4 is 5.73 Å². The average Bonchev–Trinajstić information content (AvgIpc) is 2.48. The van der Waals surface area contributed by atoms with Crippen LogP contribution in [-0.2, 0) is 0 Å².